The molecule has 8 heteroatoms. The topological polar surface area (TPSA) is 95.2 Å². The Hall–Kier alpha value is -1.83. The third kappa shape index (κ3) is 6.05. The molecule has 0 bridgehead atoms. The maximum absolute atomic E-state index is 12.3. The van der Waals surface area contributed by atoms with Gasteiger partial charge in [-0.1, -0.05) is 11.8 Å². The number of carbonyl (C=O) groups is 2. The molecule has 0 unspecified atom stereocenters. The summed E-state index contributed by atoms with van der Waals surface area (Å²) < 4.78 is 0. The summed E-state index contributed by atoms with van der Waals surface area (Å²) in [5, 5.41) is 2.83. The van der Waals surface area contributed by atoms with Gasteiger partial charge in [0.25, 0.3) is 5.56 Å². The molecule has 0 saturated heterocycles. The molecule has 2 amide bonds. The van der Waals surface area contributed by atoms with E-state index in [9.17, 15) is 14.4 Å². The predicted molar refractivity (Wildman–Crippen MR) is 90.5 cm³/mol. The second-order valence-corrected chi connectivity index (χ2v) is 6.63. The number of carbonyl (C=O) groups excluding carboxylic acids is 2. The molecule has 1 heterocycles. The molecule has 0 atom stereocenters. The number of thioether (sulfide) groups is 1. The average molecular weight is 340 g/mol. The molecular formula is C15H24N4O3S. The van der Waals surface area contributed by atoms with E-state index >= 15 is 0 Å². The molecule has 128 valence electrons. The zero-order valence-electron chi connectivity index (χ0n) is 14.2. The third-order valence-corrected chi connectivity index (χ3v) is 3.98. The van der Waals surface area contributed by atoms with E-state index in [0.29, 0.717) is 10.9 Å². The van der Waals surface area contributed by atoms with Crippen molar-refractivity contribution in [2.45, 2.75) is 51.4 Å². The van der Waals surface area contributed by atoms with Crippen molar-refractivity contribution in [2.24, 2.45) is 0 Å². The van der Waals surface area contributed by atoms with E-state index in [-0.39, 0.29) is 41.6 Å². The van der Waals surface area contributed by atoms with Crippen LogP contribution in [0.5, 0.6) is 0 Å². The van der Waals surface area contributed by atoms with Crippen LogP contribution in [0.4, 0.5) is 0 Å². The fourth-order valence-corrected chi connectivity index (χ4v) is 3.04. The predicted octanol–water partition coefficient (Wildman–Crippen LogP) is 0.796. The van der Waals surface area contributed by atoms with E-state index in [4.69, 9.17) is 0 Å². The van der Waals surface area contributed by atoms with Crippen LogP contribution in [0.15, 0.2) is 16.0 Å². The van der Waals surface area contributed by atoms with Crippen LogP contribution >= 0.6 is 11.8 Å². The second kappa shape index (κ2) is 8.71. The van der Waals surface area contributed by atoms with E-state index in [1.165, 1.54) is 24.9 Å². The van der Waals surface area contributed by atoms with Crippen molar-refractivity contribution in [2.75, 3.05) is 12.8 Å². The molecule has 0 aliphatic heterocycles. The van der Waals surface area contributed by atoms with E-state index < -0.39 is 0 Å². The number of nitrogens with zero attached hydrogens (tertiary/aromatic N) is 2. The van der Waals surface area contributed by atoms with Crippen LogP contribution in [0.1, 0.15) is 33.4 Å². The summed E-state index contributed by atoms with van der Waals surface area (Å²) in [5.74, 6) is -0.0526. The Morgan fingerprint density at radius 1 is 1.30 bits per heavy atom. The van der Waals surface area contributed by atoms with Crippen molar-refractivity contribution in [3.63, 3.8) is 0 Å². The monoisotopic (exact) mass is 340 g/mol. The lowest BCUT2D eigenvalue weighted by atomic mass is 10.2. The second-order valence-electron chi connectivity index (χ2n) is 5.67. The highest BCUT2D eigenvalue weighted by atomic mass is 32.2. The molecule has 0 aliphatic carbocycles. The van der Waals surface area contributed by atoms with Crippen molar-refractivity contribution in [3.05, 3.63) is 22.1 Å². The van der Waals surface area contributed by atoms with Gasteiger partial charge >= 0.3 is 0 Å². The van der Waals surface area contributed by atoms with Gasteiger partial charge in [0.2, 0.25) is 11.8 Å². The minimum atomic E-state index is -0.335. The number of rotatable bonds is 7. The van der Waals surface area contributed by atoms with Crippen molar-refractivity contribution in [1.82, 2.24) is 20.2 Å². The third-order valence-electron chi connectivity index (χ3n) is 3.13. The van der Waals surface area contributed by atoms with Crippen LogP contribution in [0.2, 0.25) is 0 Å². The lowest BCUT2D eigenvalue weighted by Crippen LogP contribution is -2.43. The van der Waals surface area contributed by atoms with Crippen LogP contribution in [-0.2, 0) is 16.0 Å². The lowest BCUT2D eigenvalue weighted by Gasteiger charge is -2.30. The van der Waals surface area contributed by atoms with Gasteiger partial charge < -0.3 is 15.2 Å². The molecule has 1 rings (SSSR count). The van der Waals surface area contributed by atoms with E-state index in [1.807, 2.05) is 27.7 Å². The first-order valence-corrected chi connectivity index (χ1v) is 8.48. The molecule has 2 N–H and O–H groups in total. The van der Waals surface area contributed by atoms with Crippen molar-refractivity contribution < 1.29 is 9.59 Å². The van der Waals surface area contributed by atoms with Gasteiger partial charge in [-0.2, -0.15) is 0 Å². The number of nitrogens with one attached hydrogen (secondary N) is 2. The normalized spacial score (nSPS) is 10.9. The number of aromatic amines is 1. The summed E-state index contributed by atoms with van der Waals surface area (Å²) in [5.41, 5.74) is 0.0473. The van der Waals surface area contributed by atoms with Gasteiger partial charge in [-0.3, -0.25) is 14.4 Å². The fourth-order valence-electron chi connectivity index (χ4n) is 2.27. The van der Waals surface area contributed by atoms with Crippen molar-refractivity contribution in [3.8, 4) is 0 Å². The van der Waals surface area contributed by atoms with Crippen molar-refractivity contribution in [1.29, 1.82) is 0 Å². The number of amides is 2. The summed E-state index contributed by atoms with van der Waals surface area (Å²) >= 11 is 1.17. The first kappa shape index (κ1) is 19.2. The standard InChI is InChI=1S/C15H24N4O3S/c1-9(2)19(10(3)4)14(22)8-23-15-17-11(6-12(20)16-5)7-13(21)18-15/h7,9-10H,6,8H2,1-5H3,(H,16,20)(H,17,18,21). The van der Waals surface area contributed by atoms with E-state index in [0.717, 1.165) is 0 Å². The first-order chi connectivity index (χ1) is 10.7. The van der Waals surface area contributed by atoms with Crippen LogP contribution in [0.25, 0.3) is 0 Å². The van der Waals surface area contributed by atoms with Gasteiger partial charge in [0.05, 0.1) is 17.9 Å². The van der Waals surface area contributed by atoms with Gasteiger partial charge in [0, 0.05) is 25.2 Å². The summed E-state index contributed by atoms with van der Waals surface area (Å²) in [6.07, 6.45) is 0.0338. The van der Waals surface area contributed by atoms with Gasteiger partial charge in [-0.05, 0) is 27.7 Å². The molecule has 0 fully saturated rings. The highest BCUT2D eigenvalue weighted by molar-refractivity contribution is 7.99. The van der Waals surface area contributed by atoms with Crippen molar-refractivity contribution >= 4 is 23.6 Å². The molecule has 1 aromatic rings. The Morgan fingerprint density at radius 2 is 1.91 bits per heavy atom. The molecule has 0 spiro atoms. The molecular weight excluding hydrogens is 316 g/mol. The molecule has 0 aromatic carbocycles. The fraction of sp³-hybridized carbons (Fsp3) is 0.600. The van der Waals surface area contributed by atoms with Gasteiger partial charge in [0.1, 0.15) is 0 Å². The van der Waals surface area contributed by atoms with Gasteiger partial charge in [-0.15, -0.1) is 0 Å². The molecule has 23 heavy (non-hydrogen) atoms. The smallest absolute Gasteiger partial charge is 0.251 e. The van der Waals surface area contributed by atoms with Crippen LogP contribution in [-0.4, -0.2) is 51.6 Å². The average Bonchev–Trinajstić information content (AvgIpc) is 2.43. The van der Waals surface area contributed by atoms with E-state index in [2.05, 4.69) is 15.3 Å². The minimum Gasteiger partial charge on any atom is -0.359 e. The van der Waals surface area contributed by atoms with Gasteiger partial charge in [-0.25, -0.2) is 4.98 Å². The number of hydrogen-bond acceptors (Lipinski definition) is 5. The highest BCUT2D eigenvalue weighted by Gasteiger charge is 2.20. The van der Waals surface area contributed by atoms with Gasteiger partial charge in [0.15, 0.2) is 5.16 Å². The quantitative estimate of drug-likeness (QED) is 0.565. The summed E-state index contributed by atoms with van der Waals surface area (Å²) in [6.45, 7) is 7.86. The SMILES string of the molecule is CNC(=O)Cc1cc(=O)[nH]c(SCC(=O)N(C(C)C)C(C)C)n1. The first-order valence-electron chi connectivity index (χ1n) is 7.49. The molecule has 7 nitrogen and oxygen atoms in total. The zero-order valence-corrected chi connectivity index (χ0v) is 15.0. The lowest BCUT2D eigenvalue weighted by molar-refractivity contribution is -0.131. The molecule has 0 aliphatic rings. The van der Waals surface area contributed by atoms with Crippen LogP contribution in [0, 0.1) is 0 Å². The van der Waals surface area contributed by atoms with Crippen LogP contribution < -0.4 is 10.9 Å². The highest BCUT2D eigenvalue weighted by Crippen LogP contribution is 2.15. The Balaban J connectivity index is 2.79. The Labute approximate surface area is 140 Å². The number of hydrogen-bond donors (Lipinski definition) is 2. The largest absolute Gasteiger partial charge is 0.359 e. The Morgan fingerprint density at radius 3 is 2.43 bits per heavy atom. The maximum Gasteiger partial charge on any atom is 0.251 e. The maximum atomic E-state index is 12.3. The minimum absolute atomic E-state index is 0.0145. The molecule has 1 aromatic heterocycles. The van der Waals surface area contributed by atoms with Crippen LogP contribution in [0.3, 0.4) is 0 Å². The number of likely N-dealkylation sites (N-methyl/N-ethyl adjacent to an activating group) is 1. The Bertz CT molecular complexity index is 605. The molecule has 0 radical (unpaired) electrons. The summed E-state index contributed by atoms with van der Waals surface area (Å²) in [7, 11) is 1.52. The summed E-state index contributed by atoms with van der Waals surface area (Å²) in [6, 6.07) is 1.50. The number of H-pyrrole nitrogens is 1. The Kier molecular flexibility index (Phi) is 7.28. The summed E-state index contributed by atoms with van der Waals surface area (Å²) in [4.78, 5) is 43.9. The zero-order chi connectivity index (χ0) is 17.6. The number of aromatic nitrogens is 2. The van der Waals surface area contributed by atoms with E-state index in [1.54, 1.807) is 4.90 Å². The molecule has 0 saturated carbocycles.